The summed E-state index contributed by atoms with van der Waals surface area (Å²) in [5, 5.41) is 0. The fourth-order valence-corrected chi connectivity index (χ4v) is 4.71. The van der Waals surface area contributed by atoms with Gasteiger partial charge in [0.25, 0.3) is 10.1 Å². The Morgan fingerprint density at radius 2 is 1.55 bits per heavy atom. The maximum atomic E-state index is 12.4. The third-order valence-electron chi connectivity index (χ3n) is 5.34. The summed E-state index contributed by atoms with van der Waals surface area (Å²) in [5.41, 5.74) is 5.15. The molecule has 0 fully saturated rings. The van der Waals surface area contributed by atoms with E-state index >= 15 is 0 Å². The van der Waals surface area contributed by atoms with E-state index in [2.05, 4.69) is 19.9 Å². The first-order chi connectivity index (χ1) is 15.9. The van der Waals surface area contributed by atoms with Gasteiger partial charge in [0, 0.05) is 22.1 Å². The Morgan fingerprint density at radius 3 is 2.24 bits per heavy atom. The summed E-state index contributed by atoms with van der Waals surface area (Å²) in [4.78, 5) is 15.1. The third kappa shape index (κ3) is 3.59. The highest BCUT2D eigenvalue weighted by Crippen LogP contribution is 2.32. The van der Waals surface area contributed by atoms with Gasteiger partial charge in [-0.1, -0.05) is 0 Å². The average Bonchev–Trinajstić information content (AvgIpc) is 3.55. The lowest BCUT2D eigenvalue weighted by Crippen LogP contribution is -2.01. The Labute approximate surface area is 187 Å². The van der Waals surface area contributed by atoms with Crippen LogP contribution in [0.15, 0.2) is 70.2 Å². The van der Waals surface area contributed by atoms with Crippen molar-refractivity contribution in [1.82, 2.24) is 19.9 Å². The van der Waals surface area contributed by atoms with E-state index in [1.54, 1.807) is 42.5 Å². The normalized spacial score (nSPS) is 13.3. The van der Waals surface area contributed by atoms with Crippen LogP contribution in [0.1, 0.15) is 28.5 Å². The van der Waals surface area contributed by atoms with Crippen molar-refractivity contribution in [2.45, 2.75) is 4.90 Å². The second-order valence-electron chi connectivity index (χ2n) is 7.65. The van der Waals surface area contributed by atoms with Crippen LogP contribution in [-0.2, 0) is 10.1 Å². The molecule has 6 heterocycles. The molecule has 9 heteroatoms. The van der Waals surface area contributed by atoms with Gasteiger partial charge in [0.2, 0.25) is 0 Å². The Morgan fingerprint density at radius 1 is 0.848 bits per heavy atom. The van der Waals surface area contributed by atoms with Crippen molar-refractivity contribution in [2.75, 3.05) is 0 Å². The standard InChI is InChI=1S/C24H16N4O4S/c29-33(30,31)24-20-8-7-17(27-20)11-16-4-3-14(25-16)10-15-5-6-18(26-15)12-21-19(13-22(24)28-21)23-2-1-9-32-23/h1-13,26-27H,(H,29,30,31). The van der Waals surface area contributed by atoms with Gasteiger partial charge >= 0.3 is 0 Å². The number of furan rings is 1. The zero-order valence-corrected chi connectivity index (χ0v) is 17.8. The van der Waals surface area contributed by atoms with E-state index < -0.39 is 10.1 Å². The van der Waals surface area contributed by atoms with Crippen LogP contribution in [0.2, 0.25) is 0 Å². The van der Waals surface area contributed by atoms with Crippen molar-refractivity contribution in [3.05, 3.63) is 89.4 Å². The van der Waals surface area contributed by atoms with Gasteiger partial charge in [0.1, 0.15) is 10.7 Å². The minimum absolute atomic E-state index is 0.0997. The predicted octanol–water partition coefficient (Wildman–Crippen LogP) is 4.91. The molecule has 0 aliphatic carbocycles. The lowest BCUT2D eigenvalue weighted by Gasteiger charge is -1.98. The number of hydrogen-bond acceptors (Lipinski definition) is 5. The van der Waals surface area contributed by atoms with Crippen LogP contribution in [0.4, 0.5) is 0 Å². The van der Waals surface area contributed by atoms with Crippen LogP contribution < -0.4 is 0 Å². The summed E-state index contributed by atoms with van der Waals surface area (Å²) < 4.78 is 40.5. The molecule has 2 aliphatic rings. The van der Waals surface area contributed by atoms with Crippen molar-refractivity contribution in [1.29, 1.82) is 0 Å². The van der Waals surface area contributed by atoms with Crippen molar-refractivity contribution < 1.29 is 17.4 Å². The zero-order valence-electron chi connectivity index (χ0n) is 17.0. The molecule has 8 bridgehead atoms. The molecule has 4 aromatic rings. The van der Waals surface area contributed by atoms with Crippen LogP contribution in [0, 0.1) is 0 Å². The van der Waals surface area contributed by atoms with Crippen LogP contribution in [0.3, 0.4) is 0 Å². The molecule has 8 nitrogen and oxygen atoms in total. The van der Waals surface area contributed by atoms with E-state index in [9.17, 15) is 13.0 Å². The summed E-state index contributed by atoms with van der Waals surface area (Å²) in [6, 6.07) is 16.1. The van der Waals surface area contributed by atoms with Crippen molar-refractivity contribution in [2.24, 2.45) is 0 Å². The van der Waals surface area contributed by atoms with E-state index in [1.807, 2.05) is 30.4 Å². The molecule has 4 aromatic heterocycles. The van der Waals surface area contributed by atoms with Gasteiger partial charge in [-0.25, -0.2) is 9.97 Å². The first-order valence-corrected chi connectivity index (χ1v) is 11.5. The van der Waals surface area contributed by atoms with E-state index in [-0.39, 0.29) is 16.1 Å². The topological polar surface area (TPSA) is 125 Å². The second-order valence-corrected chi connectivity index (χ2v) is 9.00. The molecule has 6 rings (SSSR count). The molecule has 0 saturated carbocycles. The number of aromatic nitrogens is 4. The molecule has 0 unspecified atom stereocenters. The Balaban J connectivity index is 1.77. The molecule has 33 heavy (non-hydrogen) atoms. The van der Waals surface area contributed by atoms with E-state index in [4.69, 9.17) is 4.42 Å². The minimum atomic E-state index is -4.62. The molecule has 3 N–H and O–H groups in total. The van der Waals surface area contributed by atoms with Crippen molar-refractivity contribution >= 4 is 56.0 Å². The quantitative estimate of drug-likeness (QED) is 0.318. The second kappa shape index (κ2) is 7.16. The van der Waals surface area contributed by atoms with Gasteiger partial charge in [-0.05, 0) is 72.8 Å². The van der Waals surface area contributed by atoms with E-state index in [1.165, 1.54) is 6.26 Å². The fourth-order valence-electron chi connectivity index (χ4n) is 3.95. The predicted molar refractivity (Wildman–Crippen MR) is 125 cm³/mol. The molecular weight excluding hydrogens is 440 g/mol. The van der Waals surface area contributed by atoms with E-state index in [0.717, 1.165) is 16.7 Å². The van der Waals surface area contributed by atoms with Crippen LogP contribution in [-0.4, -0.2) is 32.9 Å². The number of aromatic amines is 2. The van der Waals surface area contributed by atoms with E-state index in [0.29, 0.717) is 28.2 Å². The molecule has 162 valence electrons. The summed E-state index contributed by atoms with van der Waals surface area (Å²) >= 11 is 0. The van der Waals surface area contributed by atoms with Gasteiger partial charge in [0.15, 0.2) is 0 Å². The van der Waals surface area contributed by atoms with Gasteiger partial charge in [-0.3, -0.25) is 4.55 Å². The number of hydrogen-bond donors (Lipinski definition) is 3. The molecule has 0 saturated heterocycles. The number of rotatable bonds is 2. The number of nitrogens with zero attached hydrogens (tertiary/aromatic N) is 2. The highest BCUT2D eigenvalue weighted by Gasteiger charge is 2.24. The van der Waals surface area contributed by atoms with Crippen molar-refractivity contribution in [3.63, 3.8) is 0 Å². The SMILES string of the molecule is O=S(=O)(O)c1c2nc(cc3ccc(cc4nc(cc5ccc1[nH]5)C=C4)[nH]3)C(c1ccco1)=C2. The fraction of sp³-hybridized carbons (Fsp3) is 0. The Kier molecular flexibility index (Phi) is 4.22. The molecular formula is C24H16N4O4S. The highest BCUT2D eigenvalue weighted by atomic mass is 32.2. The molecule has 0 spiro atoms. The van der Waals surface area contributed by atoms with Gasteiger partial charge in [-0.2, -0.15) is 8.42 Å². The number of fused-ring (bicyclic) bond motifs is 8. The lowest BCUT2D eigenvalue weighted by atomic mass is 10.1. The summed E-state index contributed by atoms with van der Waals surface area (Å²) in [6.45, 7) is 0. The maximum absolute atomic E-state index is 12.4. The molecule has 0 atom stereocenters. The van der Waals surface area contributed by atoms with Gasteiger partial charge < -0.3 is 14.4 Å². The van der Waals surface area contributed by atoms with Crippen LogP contribution in [0.25, 0.3) is 45.9 Å². The van der Waals surface area contributed by atoms with Gasteiger partial charge in [0.05, 0.1) is 34.6 Å². The monoisotopic (exact) mass is 456 g/mol. The molecule has 2 aliphatic heterocycles. The number of H-pyrrole nitrogens is 2. The third-order valence-corrected chi connectivity index (χ3v) is 6.29. The summed E-state index contributed by atoms with van der Waals surface area (Å²) in [6.07, 6.45) is 6.89. The highest BCUT2D eigenvalue weighted by molar-refractivity contribution is 7.86. The first kappa shape index (κ1) is 19.5. The summed E-state index contributed by atoms with van der Waals surface area (Å²) in [7, 11) is -4.62. The minimum Gasteiger partial charge on any atom is -0.464 e. The van der Waals surface area contributed by atoms with Crippen LogP contribution >= 0.6 is 0 Å². The summed E-state index contributed by atoms with van der Waals surface area (Å²) in [5.74, 6) is 0.527. The first-order valence-electron chi connectivity index (χ1n) is 10.1. The van der Waals surface area contributed by atoms with Crippen molar-refractivity contribution in [3.8, 4) is 0 Å². The lowest BCUT2D eigenvalue weighted by molar-refractivity contribution is 0.483. The van der Waals surface area contributed by atoms with Crippen LogP contribution in [0.5, 0.6) is 0 Å². The molecule has 0 aromatic carbocycles. The largest absolute Gasteiger partial charge is 0.464 e. The van der Waals surface area contributed by atoms with Gasteiger partial charge in [-0.15, -0.1) is 0 Å². The maximum Gasteiger partial charge on any atom is 0.298 e. The Hall–Kier alpha value is -4.21. The Bertz CT molecular complexity index is 1740. The molecule has 0 amide bonds. The average molecular weight is 456 g/mol. The zero-order chi connectivity index (χ0) is 22.6. The number of nitrogens with one attached hydrogen (secondary N) is 2. The smallest absolute Gasteiger partial charge is 0.298 e. The molecule has 0 radical (unpaired) electrons.